The number of nitrogens with one attached hydrogen (secondary N) is 1. The standard InChI is InChI=1S/C21H29N3O4/c1-2-28-18-11-5-4-9-16(18)21(27)24-14-8-10-17(24)20(26)22-15-19(25)23-12-6-3-7-13-23/h4-5,9,11,17H,2-3,6-8,10,12-15H2,1H3,(H,22,26)/t17-/m1/s1. The molecule has 0 radical (unpaired) electrons. The Labute approximate surface area is 166 Å². The van der Waals surface area contributed by atoms with Crippen molar-refractivity contribution in [3.05, 3.63) is 29.8 Å². The molecule has 0 saturated carbocycles. The number of piperidine rings is 1. The van der Waals surface area contributed by atoms with Gasteiger partial charge in [0.1, 0.15) is 11.8 Å². The van der Waals surface area contributed by atoms with E-state index in [4.69, 9.17) is 4.74 Å². The molecule has 2 aliphatic rings. The van der Waals surface area contributed by atoms with Crippen LogP contribution in [0, 0.1) is 0 Å². The topological polar surface area (TPSA) is 79.0 Å². The van der Waals surface area contributed by atoms with Gasteiger partial charge in [-0.2, -0.15) is 0 Å². The van der Waals surface area contributed by atoms with E-state index < -0.39 is 6.04 Å². The summed E-state index contributed by atoms with van der Waals surface area (Å²) in [4.78, 5) is 41.4. The highest BCUT2D eigenvalue weighted by Gasteiger charge is 2.35. The predicted octanol–water partition coefficient (Wildman–Crippen LogP) is 1.82. The van der Waals surface area contributed by atoms with Crippen molar-refractivity contribution in [1.82, 2.24) is 15.1 Å². The van der Waals surface area contributed by atoms with Crippen LogP contribution in [0.25, 0.3) is 0 Å². The van der Waals surface area contributed by atoms with Crippen LogP contribution < -0.4 is 10.1 Å². The van der Waals surface area contributed by atoms with Crippen LogP contribution in [0.4, 0.5) is 0 Å². The van der Waals surface area contributed by atoms with E-state index >= 15 is 0 Å². The molecule has 2 fully saturated rings. The van der Waals surface area contributed by atoms with E-state index in [0.717, 1.165) is 38.8 Å². The van der Waals surface area contributed by atoms with Crippen molar-refractivity contribution < 1.29 is 19.1 Å². The van der Waals surface area contributed by atoms with Crippen molar-refractivity contribution in [2.45, 2.75) is 45.1 Å². The summed E-state index contributed by atoms with van der Waals surface area (Å²) >= 11 is 0. The number of ether oxygens (including phenoxy) is 1. The van der Waals surface area contributed by atoms with Crippen LogP contribution in [0.2, 0.25) is 0 Å². The Hall–Kier alpha value is -2.57. The van der Waals surface area contributed by atoms with Crippen molar-refractivity contribution in [1.29, 1.82) is 0 Å². The fourth-order valence-electron chi connectivity index (χ4n) is 3.90. The highest BCUT2D eigenvalue weighted by Crippen LogP contribution is 2.25. The van der Waals surface area contributed by atoms with Crippen LogP contribution in [-0.4, -0.2) is 66.3 Å². The minimum atomic E-state index is -0.545. The van der Waals surface area contributed by atoms with Gasteiger partial charge in [0.15, 0.2) is 0 Å². The minimum absolute atomic E-state index is 0.00705. The molecule has 1 aromatic rings. The van der Waals surface area contributed by atoms with Gasteiger partial charge in [-0.25, -0.2) is 0 Å². The Kier molecular flexibility index (Phi) is 6.90. The molecule has 3 rings (SSSR count). The molecule has 7 nitrogen and oxygen atoms in total. The molecular formula is C21H29N3O4. The Morgan fingerprint density at radius 3 is 2.57 bits per heavy atom. The molecule has 0 aromatic heterocycles. The normalized spacial score (nSPS) is 19.4. The summed E-state index contributed by atoms with van der Waals surface area (Å²) < 4.78 is 5.56. The maximum Gasteiger partial charge on any atom is 0.258 e. The first-order chi connectivity index (χ1) is 13.6. The summed E-state index contributed by atoms with van der Waals surface area (Å²) in [6, 6.07) is 6.55. The SMILES string of the molecule is CCOc1ccccc1C(=O)N1CCC[C@@H]1C(=O)NCC(=O)N1CCCCC1. The summed E-state index contributed by atoms with van der Waals surface area (Å²) in [7, 11) is 0. The molecule has 3 amide bonds. The van der Waals surface area contributed by atoms with Crippen molar-refractivity contribution in [2.24, 2.45) is 0 Å². The maximum atomic E-state index is 13.0. The Morgan fingerprint density at radius 1 is 1.07 bits per heavy atom. The van der Waals surface area contributed by atoms with Crippen molar-refractivity contribution in [2.75, 3.05) is 32.8 Å². The van der Waals surface area contributed by atoms with Gasteiger partial charge in [-0.15, -0.1) is 0 Å². The zero-order valence-corrected chi connectivity index (χ0v) is 16.5. The number of para-hydroxylation sites is 1. The van der Waals surface area contributed by atoms with Gasteiger partial charge in [-0.05, 0) is 51.2 Å². The number of amides is 3. The first-order valence-corrected chi connectivity index (χ1v) is 10.2. The van der Waals surface area contributed by atoms with Gasteiger partial charge < -0.3 is 19.9 Å². The Bertz CT molecular complexity index is 715. The fraction of sp³-hybridized carbons (Fsp3) is 0.571. The van der Waals surface area contributed by atoms with Crippen LogP contribution in [0.3, 0.4) is 0 Å². The molecule has 1 atom stereocenters. The summed E-state index contributed by atoms with van der Waals surface area (Å²) in [5.74, 6) is 0.0149. The lowest BCUT2D eigenvalue weighted by atomic mass is 10.1. The third-order valence-corrected chi connectivity index (χ3v) is 5.36. The van der Waals surface area contributed by atoms with Crippen molar-refractivity contribution in [3.8, 4) is 5.75 Å². The number of rotatable bonds is 6. The van der Waals surface area contributed by atoms with Crippen LogP contribution in [0.15, 0.2) is 24.3 Å². The van der Waals surface area contributed by atoms with Gasteiger partial charge >= 0.3 is 0 Å². The molecule has 0 aliphatic carbocycles. The number of likely N-dealkylation sites (tertiary alicyclic amines) is 2. The molecule has 0 bridgehead atoms. The molecule has 2 heterocycles. The monoisotopic (exact) mass is 387 g/mol. The second-order valence-electron chi connectivity index (χ2n) is 7.24. The predicted molar refractivity (Wildman–Crippen MR) is 105 cm³/mol. The fourth-order valence-corrected chi connectivity index (χ4v) is 3.90. The van der Waals surface area contributed by atoms with Gasteiger partial charge in [0.05, 0.1) is 18.7 Å². The van der Waals surface area contributed by atoms with E-state index in [0.29, 0.717) is 30.9 Å². The lowest BCUT2D eigenvalue weighted by Gasteiger charge is -2.28. The van der Waals surface area contributed by atoms with E-state index in [1.165, 1.54) is 0 Å². The maximum absolute atomic E-state index is 13.0. The first kappa shape index (κ1) is 20.2. The third-order valence-electron chi connectivity index (χ3n) is 5.36. The number of benzene rings is 1. The van der Waals surface area contributed by atoms with Crippen molar-refractivity contribution >= 4 is 17.7 Å². The summed E-state index contributed by atoms with van der Waals surface area (Å²) in [6.45, 7) is 4.37. The van der Waals surface area contributed by atoms with Crippen LogP contribution >= 0.6 is 0 Å². The molecule has 0 spiro atoms. The smallest absolute Gasteiger partial charge is 0.258 e. The molecule has 152 valence electrons. The summed E-state index contributed by atoms with van der Waals surface area (Å²) in [5, 5.41) is 2.74. The Morgan fingerprint density at radius 2 is 1.82 bits per heavy atom. The number of nitrogens with zero attached hydrogens (tertiary/aromatic N) is 2. The zero-order valence-electron chi connectivity index (χ0n) is 16.5. The highest BCUT2D eigenvalue weighted by atomic mass is 16.5. The van der Waals surface area contributed by atoms with E-state index in [-0.39, 0.29) is 24.3 Å². The zero-order chi connectivity index (χ0) is 19.9. The first-order valence-electron chi connectivity index (χ1n) is 10.2. The molecular weight excluding hydrogens is 358 g/mol. The summed E-state index contributed by atoms with van der Waals surface area (Å²) in [5.41, 5.74) is 0.466. The number of hydrogen-bond acceptors (Lipinski definition) is 4. The number of hydrogen-bond donors (Lipinski definition) is 1. The quantitative estimate of drug-likeness (QED) is 0.808. The average Bonchev–Trinajstić information content (AvgIpc) is 3.22. The number of carbonyl (C=O) groups excluding carboxylic acids is 3. The van der Waals surface area contributed by atoms with Gasteiger partial charge in [0.2, 0.25) is 11.8 Å². The molecule has 28 heavy (non-hydrogen) atoms. The van der Waals surface area contributed by atoms with Crippen LogP contribution in [-0.2, 0) is 9.59 Å². The van der Waals surface area contributed by atoms with E-state index in [2.05, 4.69) is 5.32 Å². The second-order valence-corrected chi connectivity index (χ2v) is 7.24. The van der Waals surface area contributed by atoms with E-state index in [1.54, 1.807) is 28.0 Å². The van der Waals surface area contributed by atoms with Crippen molar-refractivity contribution in [3.63, 3.8) is 0 Å². The lowest BCUT2D eigenvalue weighted by molar-refractivity contribution is -0.134. The highest BCUT2D eigenvalue weighted by molar-refractivity contribution is 6.00. The van der Waals surface area contributed by atoms with Gasteiger partial charge in [-0.1, -0.05) is 12.1 Å². The molecule has 2 saturated heterocycles. The van der Waals surface area contributed by atoms with Gasteiger partial charge in [0.25, 0.3) is 5.91 Å². The molecule has 7 heteroatoms. The minimum Gasteiger partial charge on any atom is -0.493 e. The molecule has 1 N–H and O–H groups in total. The van der Waals surface area contributed by atoms with Gasteiger partial charge in [-0.3, -0.25) is 14.4 Å². The van der Waals surface area contributed by atoms with Crippen LogP contribution in [0.5, 0.6) is 5.75 Å². The Balaban J connectivity index is 1.61. The molecule has 2 aliphatic heterocycles. The number of carbonyl (C=O) groups is 3. The van der Waals surface area contributed by atoms with Crippen LogP contribution in [0.1, 0.15) is 49.4 Å². The molecule has 1 aromatic carbocycles. The molecule has 0 unspecified atom stereocenters. The third kappa shape index (κ3) is 4.64. The lowest BCUT2D eigenvalue weighted by Crippen LogP contribution is -2.49. The van der Waals surface area contributed by atoms with E-state index in [9.17, 15) is 14.4 Å². The summed E-state index contributed by atoms with van der Waals surface area (Å²) in [6.07, 6.45) is 4.55. The average molecular weight is 387 g/mol. The van der Waals surface area contributed by atoms with Gasteiger partial charge in [0, 0.05) is 19.6 Å². The van der Waals surface area contributed by atoms with E-state index in [1.807, 2.05) is 13.0 Å². The largest absolute Gasteiger partial charge is 0.493 e. The second kappa shape index (κ2) is 9.57.